The highest BCUT2D eigenvalue weighted by Gasteiger charge is 2.35. The Morgan fingerprint density at radius 3 is 2.74 bits per heavy atom. The zero-order valence-corrected chi connectivity index (χ0v) is 23.4. The van der Waals surface area contributed by atoms with E-state index in [4.69, 9.17) is 27.9 Å². The summed E-state index contributed by atoms with van der Waals surface area (Å²) in [5.41, 5.74) is 11.0. The van der Waals surface area contributed by atoms with E-state index >= 15 is 0 Å². The number of ether oxygens (including phenoxy) is 1. The van der Waals surface area contributed by atoms with E-state index in [9.17, 15) is 5.26 Å². The third-order valence-electron chi connectivity index (χ3n) is 7.72. The summed E-state index contributed by atoms with van der Waals surface area (Å²) in [6.45, 7) is 5.67. The first kappa shape index (κ1) is 26.0. The number of aromatic nitrogens is 1. The number of halogens is 2. The molecule has 0 amide bonds. The van der Waals surface area contributed by atoms with E-state index < -0.39 is 0 Å². The highest BCUT2D eigenvalue weighted by atomic mass is 35.5. The van der Waals surface area contributed by atoms with Crippen molar-refractivity contribution in [1.29, 1.82) is 5.26 Å². The van der Waals surface area contributed by atoms with Crippen LogP contribution in [0.15, 0.2) is 54.5 Å². The molecule has 0 spiro atoms. The molecule has 3 aromatic rings. The van der Waals surface area contributed by atoms with Gasteiger partial charge in [-0.25, -0.2) is 0 Å². The number of fused-ring (bicyclic) bond motifs is 1. The minimum atomic E-state index is -0.276. The quantitative estimate of drug-likeness (QED) is 0.273. The molecule has 3 heterocycles. The number of rotatable bonds is 7. The van der Waals surface area contributed by atoms with E-state index in [0.717, 1.165) is 47.3 Å². The Bertz CT molecular complexity index is 1480. The summed E-state index contributed by atoms with van der Waals surface area (Å²) < 4.78 is 5.73. The van der Waals surface area contributed by atoms with Gasteiger partial charge in [0.15, 0.2) is 0 Å². The maximum Gasteiger partial charge on any atom is 0.103 e. The van der Waals surface area contributed by atoms with Crippen molar-refractivity contribution in [1.82, 2.24) is 21.0 Å². The fourth-order valence-corrected chi connectivity index (χ4v) is 5.80. The largest absolute Gasteiger partial charge is 0.381 e. The van der Waals surface area contributed by atoms with Crippen molar-refractivity contribution in [3.63, 3.8) is 0 Å². The van der Waals surface area contributed by atoms with Gasteiger partial charge in [-0.15, -0.1) is 5.53 Å². The summed E-state index contributed by atoms with van der Waals surface area (Å²) in [4.78, 5) is 4.54. The Morgan fingerprint density at radius 2 is 2.00 bits per heavy atom. The van der Waals surface area contributed by atoms with Gasteiger partial charge in [-0.2, -0.15) is 5.26 Å². The molecule has 2 unspecified atom stereocenters. The second-order valence-electron chi connectivity index (χ2n) is 11.1. The summed E-state index contributed by atoms with van der Waals surface area (Å²) in [7, 11) is 0. The van der Waals surface area contributed by atoms with Crippen LogP contribution in [-0.2, 0) is 4.74 Å². The first-order valence-electron chi connectivity index (χ1n) is 13.2. The lowest BCUT2D eigenvalue weighted by molar-refractivity contribution is 0.00350. The predicted molar refractivity (Wildman–Crippen MR) is 155 cm³/mol. The molecule has 2 atom stereocenters. The van der Waals surface area contributed by atoms with Crippen molar-refractivity contribution in [3.05, 3.63) is 75.7 Å². The third-order valence-corrected chi connectivity index (χ3v) is 8.35. The number of hydrogen-bond donors (Lipinski definition) is 4. The Kier molecular flexibility index (Phi) is 6.94. The lowest BCUT2D eigenvalue weighted by atomic mass is 9.81. The molecule has 10 heteroatoms. The SMILES string of the molecule is CC1(C)COCCC1Nc1c(C#N)cnc2c(Cl)cc(NC(C3=CN(C4CC4)NN3)c3ccccc3Cl)cc12. The van der Waals surface area contributed by atoms with Crippen molar-refractivity contribution < 1.29 is 4.74 Å². The van der Waals surface area contributed by atoms with Gasteiger partial charge >= 0.3 is 0 Å². The molecule has 3 aliphatic rings. The number of hydrogen-bond acceptors (Lipinski definition) is 8. The molecule has 202 valence electrons. The molecule has 1 saturated heterocycles. The molecule has 1 aliphatic carbocycles. The van der Waals surface area contributed by atoms with Gasteiger partial charge in [-0.3, -0.25) is 9.99 Å². The third kappa shape index (κ3) is 5.20. The monoisotopic (exact) mass is 563 g/mol. The van der Waals surface area contributed by atoms with Gasteiger partial charge in [0, 0.05) is 52.6 Å². The van der Waals surface area contributed by atoms with Gasteiger partial charge in [0.25, 0.3) is 0 Å². The van der Waals surface area contributed by atoms with Crippen molar-refractivity contribution in [2.75, 3.05) is 23.8 Å². The smallest absolute Gasteiger partial charge is 0.103 e. The lowest BCUT2D eigenvalue weighted by Crippen LogP contribution is -2.44. The Balaban J connectivity index is 1.41. The fourth-order valence-electron chi connectivity index (χ4n) is 5.29. The van der Waals surface area contributed by atoms with E-state index in [1.807, 2.05) is 36.4 Å². The molecule has 1 saturated carbocycles. The Hall–Kier alpha value is -3.22. The fraction of sp³-hybridized carbons (Fsp3) is 0.379. The average molecular weight is 565 g/mol. The topological polar surface area (TPSA) is 97.3 Å². The zero-order chi connectivity index (χ0) is 27.1. The van der Waals surface area contributed by atoms with Crippen LogP contribution in [0.4, 0.5) is 11.4 Å². The zero-order valence-electron chi connectivity index (χ0n) is 21.9. The van der Waals surface area contributed by atoms with Gasteiger partial charge in [0.1, 0.15) is 6.07 Å². The van der Waals surface area contributed by atoms with Gasteiger partial charge in [-0.05, 0) is 43.0 Å². The van der Waals surface area contributed by atoms with Crippen molar-refractivity contribution in [3.8, 4) is 6.07 Å². The first-order chi connectivity index (χ1) is 18.8. The number of nitriles is 1. The van der Waals surface area contributed by atoms with Crippen LogP contribution in [0.2, 0.25) is 10.0 Å². The van der Waals surface area contributed by atoms with Crippen LogP contribution in [0, 0.1) is 16.7 Å². The van der Waals surface area contributed by atoms with Crippen LogP contribution in [-0.4, -0.2) is 35.3 Å². The van der Waals surface area contributed by atoms with E-state index in [1.54, 1.807) is 6.20 Å². The molecule has 1 aromatic heterocycles. The van der Waals surface area contributed by atoms with Crippen molar-refractivity contribution >= 4 is 45.5 Å². The number of nitrogens with one attached hydrogen (secondary N) is 4. The molecule has 8 nitrogen and oxygen atoms in total. The molecular formula is C29H31Cl2N7O. The lowest BCUT2D eigenvalue weighted by Gasteiger charge is -2.39. The first-order valence-corrected chi connectivity index (χ1v) is 14.0. The molecule has 6 rings (SSSR count). The standard InChI is InChI=1S/C29H31Cl2N7O/c1-29(2)16-39-10-9-25(29)35-26-17(13-32)14-33-27-21(26)11-18(12-23(27)31)34-28(20-5-3-4-6-22(20)30)24-15-38(37-36-24)19-7-8-19/h3-6,11-12,14-15,19,25,28,34,36-37H,7-10,16H2,1-2H3,(H,33,35). The second kappa shape index (κ2) is 10.4. The number of nitrogens with zero attached hydrogens (tertiary/aromatic N) is 3. The number of hydrazine groups is 2. The van der Waals surface area contributed by atoms with Crippen LogP contribution < -0.4 is 21.6 Å². The summed E-state index contributed by atoms with van der Waals surface area (Å²) in [6.07, 6.45) is 6.85. The Morgan fingerprint density at radius 1 is 1.18 bits per heavy atom. The second-order valence-corrected chi connectivity index (χ2v) is 11.9. The Labute approximate surface area is 238 Å². The molecule has 2 aromatic carbocycles. The van der Waals surface area contributed by atoms with Crippen LogP contribution in [0.1, 0.15) is 50.3 Å². The van der Waals surface area contributed by atoms with Crippen LogP contribution in [0.25, 0.3) is 10.9 Å². The summed E-state index contributed by atoms with van der Waals surface area (Å²) in [5, 5.41) is 21.3. The maximum atomic E-state index is 9.97. The summed E-state index contributed by atoms with van der Waals surface area (Å²) in [5.74, 6) is 0. The molecule has 2 fully saturated rings. The molecule has 2 aliphatic heterocycles. The highest BCUT2D eigenvalue weighted by molar-refractivity contribution is 6.36. The van der Waals surface area contributed by atoms with Crippen molar-refractivity contribution in [2.45, 2.75) is 51.2 Å². The van der Waals surface area contributed by atoms with Crippen LogP contribution >= 0.6 is 23.2 Å². The van der Waals surface area contributed by atoms with Crippen LogP contribution in [0.5, 0.6) is 0 Å². The molecule has 0 bridgehead atoms. The van der Waals surface area contributed by atoms with Gasteiger partial charge in [0.2, 0.25) is 0 Å². The molecular weight excluding hydrogens is 533 g/mol. The van der Waals surface area contributed by atoms with Gasteiger partial charge in [0.05, 0.1) is 40.1 Å². The highest BCUT2D eigenvalue weighted by Crippen LogP contribution is 2.39. The summed E-state index contributed by atoms with van der Waals surface area (Å²) in [6, 6.07) is 14.3. The number of anilines is 2. The predicted octanol–water partition coefficient (Wildman–Crippen LogP) is 6.12. The number of benzene rings is 2. The maximum absolute atomic E-state index is 9.97. The summed E-state index contributed by atoms with van der Waals surface area (Å²) >= 11 is 13.5. The van der Waals surface area contributed by atoms with E-state index in [0.29, 0.717) is 40.4 Å². The van der Waals surface area contributed by atoms with E-state index in [-0.39, 0.29) is 17.5 Å². The molecule has 0 radical (unpaired) electrons. The minimum Gasteiger partial charge on any atom is -0.381 e. The van der Waals surface area contributed by atoms with Crippen molar-refractivity contribution in [2.24, 2.45) is 5.41 Å². The van der Waals surface area contributed by atoms with Crippen LogP contribution in [0.3, 0.4) is 0 Å². The minimum absolute atomic E-state index is 0.101. The normalized spacial score (nSPS) is 21.2. The van der Waals surface area contributed by atoms with Gasteiger partial charge in [-0.1, -0.05) is 55.2 Å². The van der Waals surface area contributed by atoms with Gasteiger partial charge < -0.3 is 20.8 Å². The number of pyridine rings is 1. The van der Waals surface area contributed by atoms with E-state index in [2.05, 4.69) is 57.7 Å². The molecule has 39 heavy (non-hydrogen) atoms. The average Bonchev–Trinajstić information content (AvgIpc) is 3.65. The van der Waals surface area contributed by atoms with E-state index in [1.165, 1.54) is 0 Å². The molecule has 4 N–H and O–H groups in total.